The SMILES string of the molecule is Cc1cc(CN2C[C@H]3C[C@H](O)[C@@H](NC(=O)CN4CCCCC4=O)C[C@H]3C2)c(C)s1. The summed E-state index contributed by atoms with van der Waals surface area (Å²) in [6.07, 6.45) is 3.50. The summed E-state index contributed by atoms with van der Waals surface area (Å²) in [6.45, 7) is 8.18. The number of hydrogen-bond donors (Lipinski definition) is 2. The molecule has 1 aliphatic carbocycles. The summed E-state index contributed by atoms with van der Waals surface area (Å²) < 4.78 is 0. The van der Waals surface area contributed by atoms with Gasteiger partial charge in [-0.3, -0.25) is 14.5 Å². The third-order valence-corrected chi connectivity index (χ3v) is 7.87. The van der Waals surface area contributed by atoms with Gasteiger partial charge in [0.2, 0.25) is 11.8 Å². The van der Waals surface area contributed by atoms with Gasteiger partial charge >= 0.3 is 0 Å². The number of piperidine rings is 1. The standard InChI is InChI=1S/C22H33N3O3S/c1-14-7-16(15(2)29-14)10-24-11-17-8-19(20(26)9-18(17)12-24)23-21(27)13-25-6-4-3-5-22(25)28/h7,17-20,26H,3-6,8-13H2,1-2H3,(H,23,27)/t17-,18+,19-,20-/m0/s1. The molecule has 0 spiro atoms. The summed E-state index contributed by atoms with van der Waals surface area (Å²) in [5.74, 6) is 0.949. The van der Waals surface area contributed by atoms with Crippen molar-refractivity contribution in [3.8, 4) is 0 Å². The van der Waals surface area contributed by atoms with Crippen LogP contribution in [0.4, 0.5) is 0 Å². The van der Waals surface area contributed by atoms with E-state index < -0.39 is 6.10 Å². The molecule has 1 aromatic rings. The van der Waals surface area contributed by atoms with Gasteiger partial charge < -0.3 is 15.3 Å². The van der Waals surface area contributed by atoms with Crippen LogP contribution in [0.5, 0.6) is 0 Å². The van der Waals surface area contributed by atoms with Crippen LogP contribution in [0.3, 0.4) is 0 Å². The molecule has 4 atom stereocenters. The average molecular weight is 420 g/mol. The minimum Gasteiger partial charge on any atom is -0.391 e. The molecule has 3 aliphatic rings. The summed E-state index contributed by atoms with van der Waals surface area (Å²) in [7, 11) is 0. The van der Waals surface area contributed by atoms with Gasteiger partial charge in [-0.1, -0.05) is 0 Å². The van der Waals surface area contributed by atoms with Gasteiger partial charge in [0.15, 0.2) is 0 Å². The monoisotopic (exact) mass is 419 g/mol. The number of aliphatic hydroxyl groups is 1. The van der Waals surface area contributed by atoms with Crippen molar-refractivity contribution in [3.05, 3.63) is 21.4 Å². The molecular weight excluding hydrogens is 386 g/mol. The molecular formula is C22H33N3O3S. The number of nitrogens with one attached hydrogen (secondary N) is 1. The van der Waals surface area contributed by atoms with E-state index in [-0.39, 0.29) is 24.4 Å². The van der Waals surface area contributed by atoms with Gasteiger partial charge in [-0.15, -0.1) is 11.3 Å². The van der Waals surface area contributed by atoms with Crippen LogP contribution in [0, 0.1) is 25.7 Å². The maximum Gasteiger partial charge on any atom is 0.239 e. The van der Waals surface area contributed by atoms with E-state index in [1.54, 1.807) is 4.90 Å². The van der Waals surface area contributed by atoms with Crippen LogP contribution >= 0.6 is 11.3 Å². The number of aliphatic hydroxyl groups excluding tert-OH is 1. The Morgan fingerprint density at radius 1 is 1.24 bits per heavy atom. The van der Waals surface area contributed by atoms with Crippen LogP contribution in [0.25, 0.3) is 0 Å². The second kappa shape index (κ2) is 8.74. The second-order valence-electron chi connectivity index (χ2n) is 9.14. The van der Waals surface area contributed by atoms with Crippen molar-refractivity contribution in [1.29, 1.82) is 0 Å². The van der Waals surface area contributed by atoms with E-state index in [1.807, 2.05) is 11.3 Å². The van der Waals surface area contributed by atoms with E-state index >= 15 is 0 Å². The van der Waals surface area contributed by atoms with Crippen LogP contribution in [0.1, 0.15) is 47.4 Å². The number of likely N-dealkylation sites (tertiary alicyclic amines) is 2. The highest BCUT2D eigenvalue weighted by atomic mass is 32.1. The molecule has 160 valence electrons. The van der Waals surface area contributed by atoms with Gasteiger partial charge in [0.25, 0.3) is 0 Å². The normalized spacial score (nSPS) is 30.4. The molecule has 2 amide bonds. The zero-order valence-electron chi connectivity index (χ0n) is 17.5. The van der Waals surface area contributed by atoms with Crippen molar-refractivity contribution in [1.82, 2.24) is 15.1 Å². The average Bonchev–Trinajstić information content (AvgIpc) is 3.18. The molecule has 3 fully saturated rings. The van der Waals surface area contributed by atoms with E-state index in [2.05, 4.69) is 30.1 Å². The van der Waals surface area contributed by atoms with E-state index in [0.717, 1.165) is 45.3 Å². The fourth-order valence-corrected chi connectivity index (χ4v) is 6.29. The van der Waals surface area contributed by atoms with Crippen molar-refractivity contribution in [2.75, 3.05) is 26.2 Å². The zero-order chi connectivity index (χ0) is 20.5. The fraction of sp³-hybridized carbons (Fsp3) is 0.727. The zero-order valence-corrected chi connectivity index (χ0v) is 18.3. The Hall–Kier alpha value is -1.44. The number of aryl methyl sites for hydroxylation is 2. The lowest BCUT2D eigenvalue weighted by atomic mass is 9.77. The first-order valence-corrected chi connectivity index (χ1v) is 11.7. The maximum atomic E-state index is 12.5. The van der Waals surface area contributed by atoms with E-state index in [1.165, 1.54) is 15.3 Å². The van der Waals surface area contributed by atoms with Gasteiger partial charge in [-0.25, -0.2) is 0 Å². The molecule has 3 heterocycles. The number of nitrogens with zero attached hydrogens (tertiary/aromatic N) is 2. The Kier molecular flexibility index (Phi) is 6.27. The van der Waals surface area contributed by atoms with E-state index in [9.17, 15) is 14.7 Å². The fourth-order valence-electron chi connectivity index (χ4n) is 5.35. The maximum absolute atomic E-state index is 12.5. The summed E-state index contributed by atoms with van der Waals surface area (Å²) >= 11 is 1.86. The van der Waals surface area contributed by atoms with Gasteiger partial charge in [-0.05, 0) is 63.0 Å². The molecule has 2 aliphatic heterocycles. The smallest absolute Gasteiger partial charge is 0.239 e. The third-order valence-electron chi connectivity index (χ3n) is 6.86. The van der Waals surface area contributed by atoms with Crippen molar-refractivity contribution < 1.29 is 14.7 Å². The predicted octanol–water partition coefficient (Wildman–Crippen LogP) is 2.06. The topological polar surface area (TPSA) is 72.9 Å². The van der Waals surface area contributed by atoms with Crippen molar-refractivity contribution in [3.63, 3.8) is 0 Å². The Labute approximate surface area is 177 Å². The number of rotatable bonds is 5. The predicted molar refractivity (Wildman–Crippen MR) is 114 cm³/mol. The Morgan fingerprint density at radius 3 is 2.69 bits per heavy atom. The van der Waals surface area contributed by atoms with E-state index in [0.29, 0.717) is 24.8 Å². The van der Waals surface area contributed by atoms with Crippen molar-refractivity contribution in [2.45, 2.75) is 64.6 Å². The number of fused-ring (bicyclic) bond motifs is 1. The van der Waals surface area contributed by atoms with Crippen LogP contribution in [-0.4, -0.2) is 65.0 Å². The summed E-state index contributed by atoms with van der Waals surface area (Å²) in [4.78, 5) is 31.3. The Bertz CT molecular complexity index is 764. The molecule has 2 saturated heterocycles. The van der Waals surface area contributed by atoms with Gasteiger partial charge in [0.1, 0.15) is 0 Å². The molecule has 4 rings (SSSR count). The molecule has 6 nitrogen and oxygen atoms in total. The van der Waals surface area contributed by atoms with Crippen LogP contribution < -0.4 is 5.32 Å². The van der Waals surface area contributed by atoms with Crippen molar-refractivity contribution in [2.24, 2.45) is 11.8 Å². The van der Waals surface area contributed by atoms with Crippen LogP contribution in [0.2, 0.25) is 0 Å². The summed E-state index contributed by atoms with van der Waals surface area (Å²) in [5.41, 5.74) is 1.42. The first-order valence-electron chi connectivity index (χ1n) is 10.9. The second-order valence-corrected chi connectivity index (χ2v) is 10.6. The molecule has 0 radical (unpaired) electrons. The number of thiophene rings is 1. The number of amides is 2. The lowest BCUT2D eigenvalue weighted by Crippen LogP contribution is -2.52. The lowest BCUT2D eigenvalue weighted by molar-refractivity contribution is -0.138. The summed E-state index contributed by atoms with van der Waals surface area (Å²) in [5, 5.41) is 13.7. The highest BCUT2D eigenvalue weighted by Crippen LogP contribution is 2.37. The van der Waals surface area contributed by atoms with Crippen LogP contribution in [0.15, 0.2) is 6.07 Å². The highest BCUT2D eigenvalue weighted by molar-refractivity contribution is 7.12. The third kappa shape index (κ3) is 4.84. The number of carbonyl (C=O) groups excluding carboxylic acids is 2. The molecule has 7 heteroatoms. The quantitative estimate of drug-likeness (QED) is 0.766. The Balaban J connectivity index is 1.30. The molecule has 29 heavy (non-hydrogen) atoms. The largest absolute Gasteiger partial charge is 0.391 e. The van der Waals surface area contributed by atoms with Gasteiger partial charge in [0.05, 0.1) is 18.7 Å². The first kappa shape index (κ1) is 20.8. The minimum absolute atomic E-state index is 0.0704. The van der Waals surface area contributed by atoms with Gasteiger partial charge in [0, 0.05) is 42.4 Å². The molecule has 2 N–H and O–H groups in total. The number of hydrogen-bond acceptors (Lipinski definition) is 5. The van der Waals surface area contributed by atoms with Crippen molar-refractivity contribution >= 4 is 23.2 Å². The first-order chi connectivity index (χ1) is 13.9. The molecule has 1 saturated carbocycles. The molecule has 1 aromatic heterocycles. The summed E-state index contributed by atoms with van der Waals surface area (Å²) in [6, 6.07) is 2.09. The molecule has 0 unspecified atom stereocenters. The highest BCUT2D eigenvalue weighted by Gasteiger charge is 2.42. The lowest BCUT2D eigenvalue weighted by Gasteiger charge is -2.36. The van der Waals surface area contributed by atoms with Gasteiger partial charge in [-0.2, -0.15) is 0 Å². The van der Waals surface area contributed by atoms with E-state index in [4.69, 9.17) is 0 Å². The number of carbonyl (C=O) groups is 2. The molecule has 0 bridgehead atoms. The molecule has 0 aromatic carbocycles. The minimum atomic E-state index is -0.498. The Morgan fingerprint density at radius 2 is 2.00 bits per heavy atom. The van der Waals surface area contributed by atoms with Crippen LogP contribution in [-0.2, 0) is 16.1 Å².